The summed E-state index contributed by atoms with van der Waals surface area (Å²) < 4.78 is 2.04. The summed E-state index contributed by atoms with van der Waals surface area (Å²) in [7, 11) is 2.03. The molecule has 2 N–H and O–H groups in total. The smallest absolute Gasteiger partial charge is 0.191 e. The topological polar surface area (TPSA) is 41.4 Å². The third-order valence-corrected chi connectivity index (χ3v) is 3.60. The van der Waals surface area contributed by atoms with Crippen molar-refractivity contribution in [1.82, 2.24) is 15.2 Å². The maximum absolute atomic E-state index is 4.65. The number of rotatable bonds is 6. The van der Waals surface area contributed by atoms with Gasteiger partial charge in [-0.05, 0) is 36.1 Å². The highest BCUT2D eigenvalue weighted by Crippen LogP contribution is 2.09. The molecule has 0 amide bonds. The first-order chi connectivity index (χ1) is 10.7. The standard InChI is InChI=1S/C18H26N4.HI/c1-4-16-8-6-7-9-17(16)13-21-18(19-5-2)20-12-15-10-11-22(3)14-15;/h6-11,14H,4-5,12-13H2,1-3H3,(H2,19,20,21);1H. The molecule has 126 valence electrons. The fraction of sp³-hybridized carbons (Fsp3) is 0.389. The van der Waals surface area contributed by atoms with Crippen LogP contribution in [-0.4, -0.2) is 17.1 Å². The van der Waals surface area contributed by atoms with Crippen molar-refractivity contribution in [3.05, 3.63) is 59.4 Å². The van der Waals surface area contributed by atoms with Gasteiger partial charge in [-0.2, -0.15) is 0 Å². The molecule has 0 spiro atoms. The second-order valence-electron chi connectivity index (χ2n) is 5.36. The van der Waals surface area contributed by atoms with E-state index in [2.05, 4.69) is 66.0 Å². The molecule has 0 bridgehead atoms. The van der Waals surface area contributed by atoms with Gasteiger partial charge in [0.25, 0.3) is 0 Å². The first-order valence-corrected chi connectivity index (χ1v) is 7.92. The van der Waals surface area contributed by atoms with E-state index >= 15 is 0 Å². The van der Waals surface area contributed by atoms with Crippen molar-refractivity contribution in [2.45, 2.75) is 33.4 Å². The summed E-state index contributed by atoms with van der Waals surface area (Å²) >= 11 is 0. The van der Waals surface area contributed by atoms with Crippen LogP contribution in [0.5, 0.6) is 0 Å². The Balaban J connectivity index is 0.00000264. The molecule has 1 aromatic heterocycles. The van der Waals surface area contributed by atoms with Gasteiger partial charge in [0.05, 0.1) is 6.54 Å². The van der Waals surface area contributed by atoms with Crippen molar-refractivity contribution < 1.29 is 0 Å². The molecular weight excluding hydrogens is 399 g/mol. The Kier molecular flexibility index (Phi) is 8.76. The summed E-state index contributed by atoms with van der Waals surface area (Å²) in [6.45, 7) is 6.61. The summed E-state index contributed by atoms with van der Waals surface area (Å²) in [5.41, 5.74) is 3.93. The van der Waals surface area contributed by atoms with E-state index in [1.807, 2.05) is 17.8 Å². The molecule has 0 saturated heterocycles. The Labute approximate surface area is 156 Å². The molecule has 0 unspecified atom stereocenters. The molecule has 0 fully saturated rings. The largest absolute Gasteiger partial charge is 0.357 e. The van der Waals surface area contributed by atoms with Crippen molar-refractivity contribution in [1.29, 1.82) is 0 Å². The van der Waals surface area contributed by atoms with E-state index in [-0.39, 0.29) is 24.0 Å². The normalized spacial score (nSPS) is 11.0. The molecule has 5 heteroatoms. The third-order valence-electron chi connectivity index (χ3n) is 3.60. The van der Waals surface area contributed by atoms with E-state index in [1.54, 1.807) is 0 Å². The number of aromatic nitrogens is 1. The van der Waals surface area contributed by atoms with Gasteiger partial charge in [0.15, 0.2) is 5.96 Å². The van der Waals surface area contributed by atoms with Crippen molar-refractivity contribution >= 4 is 29.9 Å². The number of nitrogens with zero attached hydrogens (tertiary/aromatic N) is 2. The Hall–Kier alpha value is -1.50. The molecule has 0 aliphatic rings. The van der Waals surface area contributed by atoms with Gasteiger partial charge in [-0.3, -0.25) is 0 Å². The van der Waals surface area contributed by atoms with Crippen LogP contribution < -0.4 is 10.6 Å². The van der Waals surface area contributed by atoms with Gasteiger partial charge in [-0.25, -0.2) is 4.99 Å². The summed E-state index contributed by atoms with van der Waals surface area (Å²) in [6.07, 6.45) is 5.19. The minimum atomic E-state index is 0. The van der Waals surface area contributed by atoms with E-state index in [0.29, 0.717) is 6.54 Å². The molecule has 0 saturated carbocycles. The van der Waals surface area contributed by atoms with Crippen LogP contribution in [0.2, 0.25) is 0 Å². The van der Waals surface area contributed by atoms with Crippen LogP contribution in [-0.2, 0) is 26.6 Å². The van der Waals surface area contributed by atoms with Gasteiger partial charge < -0.3 is 15.2 Å². The highest BCUT2D eigenvalue weighted by Gasteiger charge is 2.02. The van der Waals surface area contributed by atoms with Gasteiger partial charge in [-0.15, -0.1) is 24.0 Å². The van der Waals surface area contributed by atoms with Crippen molar-refractivity contribution in [2.75, 3.05) is 6.54 Å². The van der Waals surface area contributed by atoms with Gasteiger partial charge in [0.2, 0.25) is 0 Å². The number of nitrogens with one attached hydrogen (secondary N) is 2. The van der Waals surface area contributed by atoms with Crippen molar-refractivity contribution in [3.63, 3.8) is 0 Å². The van der Waals surface area contributed by atoms with Gasteiger partial charge >= 0.3 is 0 Å². The molecule has 1 aromatic carbocycles. The maximum atomic E-state index is 4.65. The van der Waals surface area contributed by atoms with Gasteiger partial charge in [0, 0.05) is 32.5 Å². The molecule has 23 heavy (non-hydrogen) atoms. The average Bonchev–Trinajstić information content (AvgIpc) is 2.96. The summed E-state index contributed by atoms with van der Waals surface area (Å²) in [5, 5.41) is 6.72. The van der Waals surface area contributed by atoms with E-state index in [4.69, 9.17) is 0 Å². The van der Waals surface area contributed by atoms with E-state index in [0.717, 1.165) is 25.5 Å². The second kappa shape index (κ2) is 10.3. The summed E-state index contributed by atoms with van der Waals surface area (Å²) in [5.74, 6) is 0.859. The van der Waals surface area contributed by atoms with Crippen LogP contribution in [0.25, 0.3) is 0 Å². The van der Waals surface area contributed by atoms with Crippen molar-refractivity contribution in [3.8, 4) is 0 Å². The number of benzene rings is 1. The lowest BCUT2D eigenvalue weighted by molar-refractivity contribution is 0.808. The minimum Gasteiger partial charge on any atom is -0.357 e. The molecule has 4 nitrogen and oxygen atoms in total. The molecule has 2 rings (SSSR count). The molecule has 1 heterocycles. The van der Waals surface area contributed by atoms with Crippen LogP contribution in [0.1, 0.15) is 30.5 Å². The highest BCUT2D eigenvalue weighted by molar-refractivity contribution is 14.0. The molecule has 2 aromatic rings. The quantitative estimate of drug-likeness (QED) is 0.422. The molecule has 0 aliphatic carbocycles. The Morgan fingerprint density at radius 1 is 1.09 bits per heavy atom. The van der Waals surface area contributed by atoms with Crippen LogP contribution in [0.4, 0.5) is 0 Å². The lowest BCUT2D eigenvalue weighted by Crippen LogP contribution is -2.37. The number of aryl methyl sites for hydroxylation is 2. The van der Waals surface area contributed by atoms with E-state index in [9.17, 15) is 0 Å². The lowest BCUT2D eigenvalue weighted by Gasteiger charge is -2.13. The van der Waals surface area contributed by atoms with Crippen LogP contribution >= 0.6 is 24.0 Å². The van der Waals surface area contributed by atoms with Crippen LogP contribution in [0, 0.1) is 0 Å². The molecule has 0 aliphatic heterocycles. The molecule has 0 atom stereocenters. The van der Waals surface area contributed by atoms with Crippen LogP contribution in [0.3, 0.4) is 0 Å². The number of hydrogen-bond acceptors (Lipinski definition) is 1. The Morgan fingerprint density at radius 2 is 1.83 bits per heavy atom. The van der Waals surface area contributed by atoms with E-state index < -0.39 is 0 Å². The SMILES string of the molecule is CCNC(=NCc1ccn(C)c1)NCc1ccccc1CC.I. The average molecular weight is 426 g/mol. The van der Waals surface area contributed by atoms with E-state index in [1.165, 1.54) is 16.7 Å². The first kappa shape index (κ1) is 19.5. The number of guanidine groups is 1. The monoisotopic (exact) mass is 426 g/mol. The van der Waals surface area contributed by atoms with Crippen molar-refractivity contribution in [2.24, 2.45) is 12.0 Å². The first-order valence-electron chi connectivity index (χ1n) is 7.92. The minimum absolute atomic E-state index is 0. The fourth-order valence-corrected chi connectivity index (χ4v) is 2.42. The molecule has 0 radical (unpaired) electrons. The van der Waals surface area contributed by atoms with Gasteiger partial charge in [-0.1, -0.05) is 31.2 Å². The van der Waals surface area contributed by atoms with Gasteiger partial charge in [0.1, 0.15) is 0 Å². The summed E-state index contributed by atoms with van der Waals surface area (Å²) in [4.78, 5) is 4.65. The summed E-state index contributed by atoms with van der Waals surface area (Å²) in [6, 6.07) is 10.6. The number of hydrogen-bond donors (Lipinski definition) is 2. The lowest BCUT2D eigenvalue weighted by atomic mass is 10.1. The second-order valence-corrected chi connectivity index (χ2v) is 5.36. The predicted octanol–water partition coefficient (Wildman–Crippen LogP) is 3.46. The predicted molar refractivity (Wildman–Crippen MR) is 108 cm³/mol. The Morgan fingerprint density at radius 3 is 2.43 bits per heavy atom. The third kappa shape index (κ3) is 6.25. The zero-order valence-corrected chi connectivity index (χ0v) is 16.5. The van der Waals surface area contributed by atoms with Crippen LogP contribution in [0.15, 0.2) is 47.7 Å². The maximum Gasteiger partial charge on any atom is 0.191 e. The molecular formula is C18H27IN4. The number of halogens is 1. The Bertz CT molecular complexity index is 619. The highest BCUT2D eigenvalue weighted by atomic mass is 127. The zero-order chi connectivity index (χ0) is 15.8. The fourth-order valence-electron chi connectivity index (χ4n) is 2.42. The number of aliphatic imine (C=N–C) groups is 1. The zero-order valence-electron chi connectivity index (χ0n) is 14.2.